The van der Waals surface area contributed by atoms with Gasteiger partial charge in [-0.1, -0.05) is 11.6 Å². The van der Waals surface area contributed by atoms with Gasteiger partial charge in [-0.2, -0.15) is 0 Å². The normalized spacial score (nSPS) is 9.58. The fourth-order valence-electron chi connectivity index (χ4n) is 0.927. The lowest BCUT2D eigenvalue weighted by molar-refractivity contribution is -0.134. The van der Waals surface area contributed by atoms with Crippen molar-refractivity contribution in [3.8, 4) is 0 Å². The van der Waals surface area contributed by atoms with E-state index < -0.39 is 11.9 Å². The van der Waals surface area contributed by atoms with E-state index >= 15 is 0 Å². The van der Waals surface area contributed by atoms with E-state index in [2.05, 4.69) is 5.32 Å². The largest absolute Gasteiger partial charge is 0.478 e. The van der Waals surface area contributed by atoms with E-state index in [0.717, 1.165) is 17.3 Å². The van der Waals surface area contributed by atoms with Crippen LogP contribution in [0.1, 0.15) is 0 Å². The Hall–Kier alpha value is -2.05. The number of hydrogen-bond acceptors (Lipinski definition) is 4. The zero-order valence-corrected chi connectivity index (χ0v) is 10.8. The summed E-state index contributed by atoms with van der Waals surface area (Å²) >= 11 is 5.69. The summed E-state index contributed by atoms with van der Waals surface area (Å²) in [5.74, 6) is -2.51. The zero-order chi connectivity index (χ0) is 14.7. The Labute approximate surface area is 115 Å². The summed E-state index contributed by atoms with van der Waals surface area (Å²) in [6.45, 7) is 1.43. The summed E-state index contributed by atoms with van der Waals surface area (Å²) < 4.78 is 0. The average molecular weight is 287 g/mol. The van der Waals surface area contributed by atoms with Crippen LogP contribution < -0.4 is 11.1 Å². The third-order valence-electron chi connectivity index (χ3n) is 1.69. The van der Waals surface area contributed by atoms with E-state index in [9.17, 15) is 9.59 Å². The Morgan fingerprint density at radius 3 is 2.00 bits per heavy atom. The highest BCUT2D eigenvalue weighted by atomic mass is 35.5. The Kier molecular flexibility index (Phi) is 8.86. The van der Waals surface area contributed by atoms with E-state index in [1.54, 1.807) is 0 Å². The number of benzene rings is 1. The van der Waals surface area contributed by atoms with E-state index in [4.69, 9.17) is 27.5 Å². The molecule has 0 saturated heterocycles. The van der Waals surface area contributed by atoms with Crippen LogP contribution in [0.5, 0.6) is 0 Å². The van der Waals surface area contributed by atoms with Gasteiger partial charge in [-0.15, -0.1) is 0 Å². The number of carbonyl (C=O) groups is 2. The molecule has 0 heterocycles. The number of rotatable bonds is 5. The number of aliphatic carboxylic acids is 2. The third-order valence-corrected chi connectivity index (χ3v) is 1.94. The summed E-state index contributed by atoms with van der Waals surface area (Å²) in [6, 6.07) is 7.55. The first-order valence-electron chi connectivity index (χ1n) is 5.29. The molecule has 0 aliphatic rings. The lowest BCUT2D eigenvalue weighted by Crippen LogP contribution is -2.12. The van der Waals surface area contributed by atoms with E-state index in [1.807, 2.05) is 24.3 Å². The number of hydrogen-bond donors (Lipinski definition) is 4. The van der Waals surface area contributed by atoms with Crippen LogP contribution >= 0.6 is 11.6 Å². The number of carboxylic acids is 2. The van der Waals surface area contributed by atoms with Gasteiger partial charge in [0.1, 0.15) is 0 Å². The van der Waals surface area contributed by atoms with Crippen LogP contribution in [0.2, 0.25) is 5.02 Å². The van der Waals surface area contributed by atoms with Crippen LogP contribution in [0.15, 0.2) is 36.4 Å². The third kappa shape index (κ3) is 10.8. The van der Waals surface area contributed by atoms with Crippen molar-refractivity contribution in [2.24, 2.45) is 5.73 Å². The van der Waals surface area contributed by atoms with Crippen LogP contribution in [0, 0.1) is 0 Å². The van der Waals surface area contributed by atoms with Crippen LogP contribution in [0.3, 0.4) is 0 Å². The molecule has 0 spiro atoms. The summed E-state index contributed by atoms with van der Waals surface area (Å²) in [4.78, 5) is 19.1. The second-order valence-corrected chi connectivity index (χ2v) is 3.67. The van der Waals surface area contributed by atoms with Gasteiger partial charge in [0.2, 0.25) is 0 Å². The molecular formula is C12H15ClN2O4. The van der Waals surface area contributed by atoms with Crippen LogP contribution in [0.4, 0.5) is 5.69 Å². The minimum Gasteiger partial charge on any atom is -0.478 e. The fourth-order valence-corrected chi connectivity index (χ4v) is 1.05. The first-order valence-corrected chi connectivity index (χ1v) is 5.67. The molecule has 0 aliphatic carbocycles. The SMILES string of the molecule is NCCNc1ccc(Cl)cc1.O=C(O)/C=C\C(=O)O. The van der Waals surface area contributed by atoms with Crippen molar-refractivity contribution in [3.05, 3.63) is 41.4 Å². The predicted octanol–water partition coefficient (Wildman–Crippen LogP) is 1.42. The van der Waals surface area contributed by atoms with Crippen molar-refractivity contribution in [1.29, 1.82) is 0 Å². The van der Waals surface area contributed by atoms with Gasteiger partial charge in [-0.3, -0.25) is 0 Å². The fraction of sp³-hybridized carbons (Fsp3) is 0.167. The molecule has 0 unspecified atom stereocenters. The maximum atomic E-state index is 9.55. The smallest absolute Gasteiger partial charge is 0.328 e. The molecule has 0 saturated carbocycles. The molecule has 5 N–H and O–H groups in total. The van der Waals surface area contributed by atoms with Gasteiger partial charge in [-0.25, -0.2) is 9.59 Å². The Morgan fingerprint density at radius 1 is 1.16 bits per heavy atom. The van der Waals surface area contributed by atoms with Crippen molar-refractivity contribution in [1.82, 2.24) is 0 Å². The van der Waals surface area contributed by atoms with E-state index in [1.165, 1.54) is 0 Å². The van der Waals surface area contributed by atoms with Gasteiger partial charge in [0.05, 0.1) is 0 Å². The molecule has 104 valence electrons. The van der Waals surface area contributed by atoms with Crippen molar-refractivity contribution in [3.63, 3.8) is 0 Å². The maximum absolute atomic E-state index is 9.55. The molecule has 0 atom stereocenters. The van der Waals surface area contributed by atoms with Gasteiger partial charge in [-0.05, 0) is 24.3 Å². The predicted molar refractivity (Wildman–Crippen MR) is 73.4 cm³/mol. The highest BCUT2D eigenvalue weighted by Crippen LogP contribution is 2.12. The standard InChI is InChI=1S/C8H11ClN2.C4H4O4/c9-7-1-3-8(4-2-7)11-6-5-10;5-3(6)1-2-4(7)8/h1-4,11H,5-6,10H2;1-2H,(H,5,6)(H,7,8)/b;2-1-. The second kappa shape index (κ2) is 9.93. The second-order valence-electron chi connectivity index (χ2n) is 3.23. The summed E-state index contributed by atoms with van der Waals surface area (Å²) in [7, 11) is 0. The molecule has 1 rings (SSSR count). The Balaban J connectivity index is 0.000000362. The lowest BCUT2D eigenvalue weighted by atomic mass is 10.3. The van der Waals surface area contributed by atoms with E-state index in [0.29, 0.717) is 18.7 Å². The molecular weight excluding hydrogens is 272 g/mol. The first kappa shape index (κ1) is 16.9. The molecule has 0 amide bonds. The van der Waals surface area contributed by atoms with Crippen LogP contribution in [0.25, 0.3) is 0 Å². The number of halogens is 1. The molecule has 1 aromatic carbocycles. The summed E-state index contributed by atoms with van der Waals surface area (Å²) in [5.41, 5.74) is 6.37. The van der Waals surface area contributed by atoms with Gasteiger partial charge in [0, 0.05) is 36.0 Å². The van der Waals surface area contributed by atoms with Gasteiger partial charge in [0.15, 0.2) is 0 Å². The summed E-state index contributed by atoms with van der Waals surface area (Å²) in [5, 5.41) is 19.5. The first-order chi connectivity index (χ1) is 8.95. The molecule has 0 bridgehead atoms. The highest BCUT2D eigenvalue weighted by molar-refractivity contribution is 6.30. The number of carboxylic acid groups (broad SMARTS) is 2. The number of nitrogens with one attached hydrogen (secondary N) is 1. The van der Waals surface area contributed by atoms with Crippen LogP contribution in [-0.2, 0) is 9.59 Å². The van der Waals surface area contributed by atoms with Gasteiger partial charge in [0.25, 0.3) is 0 Å². The van der Waals surface area contributed by atoms with E-state index in [-0.39, 0.29) is 0 Å². The summed E-state index contributed by atoms with van der Waals surface area (Å²) in [6.07, 6.45) is 1.12. The monoisotopic (exact) mass is 286 g/mol. The van der Waals surface area contributed by atoms with Crippen molar-refractivity contribution in [2.45, 2.75) is 0 Å². The molecule has 1 aromatic rings. The number of nitrogens with two attached hydrogens (primary N) is 1. The number of anilines is 1. The molecule has 0 aliphatic heterocycles. The maximum Gasteiger partial charge on any atom is 0.328 e. The quantitative estimate of drug-likeness (QED) is 0.609. The Morgan fingerprint density at radius 2 is 1.63 bits per heavy atom. The molecule has 7 heteroatoms. The molecule has 19 heavy (non-hydrogen) atoms. The highest BCUT2D eigenvalue weighted by Gasteiger charge is 1.89. The van der Waals surface area contributed by atoms with Crippen molar-refractivity contribution >= 4 is 29.2 Å². The van der Waals surface area contributed by atoms with Gasteiger partial charge < -0.3 is 21.3 Å². The molecule has 6 nitrogen and oxygen atoms in total. The topological polar surface area (TPSA) is 113 Å². The van der Waals surface area contributed by atoms with Crippen molar-refractivity contribution in [2.75, 3.05) is 18.4 Å². The lowest BCUT2D eigenvalue weighted by Gasteiger charge is -2.02. The molecule has 0 radical (unpaired) electrons. The molecule has 0 fully saturated rings. The zero-order valence-electron chi connectivity index (χ0n) is 10.0. The van der Waals surface area contributed by atoms with Crippen LogP contribution in [-0.4, -0.2) is 35.2 Å². The minimum atomic E-state index is -1.26. The average Bonchev–Trinajstić information content (AvgIpc) is 2.36. The van der Waals surface area contributed by atoms with Gasteiger partial charge >= 0.3 is 11.9 Å². The van der Waals surface area contributed by atoms with Crippen molar-refractivity contribution < 1.29 is 19.8 Å². The Bertz CT molecular complexity index is 416. The molecule has 0 aromatic heterocycles. The minimum absolute atomic E-state index is 0.558.